The third kappa shape index (κ3) is 3.04. The van der Waals surface area contributed by atoms with Crippen molar-refractivity contribution in [1.29, 1.82) is 0 Å². The van der Waals surface area contributed by atoms with E-state index in [2.05, 4.69) is 10.1 Å². The Morgan fingerprint density at radius 1 is 1.44 bits per heavy atom. The average molecular weight is 255 g/mol. The summed E-state index contributed by atoms with van der Waals surface area (Å²) in [7, 11) is 1.27. The predicted molar refractivity (Wildman–Crippen MR) is 61.8 cm³/mol. The molecular formula is C13H15F2NO2. The number of hydrogen-bond acceptors (Lipinski definition) is 3. The van der Waals surface area contributed by atoms with Crippen LogP contribution in [0.1, 0.15) is 24.4 Å². The molecule has 0 saturated heterocycles. The molecule has 1 atom stereocenters. The summed E-state index contributed by atoms with van der Waals surface area (Å²) < 4.78 is 30.7. The SMILES string of the molecule is COC(=O)C(NCC1CC1)c1ccc(F)c(F)c1. The topological polar surface area (TPSA) is 38.3 Å². The molecule has 1 N–H and O–H groups in total. The number of ether oxygens (including phenoxy) is 1. The highest BCUT2D eigenvalue weighted by atomic mass is 19.2. The van der Waals surface area contributed by atoms with E-state index in [4.69, 9.17) is 0 Å². The van der Waals surface area contributed by atoms with Crippen LogP contribution in [-0.2, 0) is 9.53 Å². The van der Waals surface area contributed by atoms with E-state index in [1.165, 1.54) is 13.2 Å². The van der Waals surface area contributed by atoms with Crippen LogP contribution in [0.4, 0.5) is 8.78 Å². The fraction of sp³-hybridized carbons (Fsp3) is 0.462. The normalized spacial score (nSPS) is 16.4. The van der Waals surface area contributed by atoms with E-state index in [9.17, 15) is 13.6 Å². The van der Waals surface area contributed by atoms with E-state index in [-0.39, 0.29) is 0 Å². The Kier molecular flexibility index (Phi) is 3.91. The number of carbonyl (C=O) groups is 1. The lowest BCUT2D eigenvalue weighted by molar-refractivity contribution is -0.143. The molecule has 0 heterocycles. The fourth-order valence-electron chi connectivity index (χ4n) is 1.75. The molecule has 1 fully saturated rings. The van der Waals surface area contributed by atoms with Gasteiger partial charge < -0.3 is 10.1 Å². The lowest BCUT2D eigenvalue weighted by atomic mass is 10.1. The van der Waals surface area contributed by atoms with Gasteiger partial charge in [0.25, 0.3) is 0 Å². The van der Waals surface area contributed by atoms with Crippen LogP contribution < -0.4 is 5.32 Å². The maximum atomic E-state index is 13.2. The number of esters is 1. The maximum absolute atomic E-state index is 13.2. The summed E-state index contributed by atoms with van der Waals surface area (Å²) in [5.41, 5.74) is 0.376. The number of hydrogen-bond donors (Lipinski definition) is 1. The van der Waals surface area contributed by atoms with Gasteiger partial charge in [0.15, 0.2) is 11.6 Å². The Hall–Kier alpha value is -1.49. The number of halogens is 2. The van der Waals surface area contributed by atoms with Crippen molar-refractivity contribution >= 4 is 5.97 Å². The van der Waals surface area contributed by atoms with Gasteiger partial charge in [0.05, 0.1) is 7.11 Å². The molecule has 1 aliphatic carbocycles. The number of nitrogens with one attached hydrogen (secondary N) is 1. The van der Waals surface area contributed by atoms with Gasteiger partial charge in [-0.2, -0.15) is 0 Å². The van der Waals surface area contributed by atoms with Gasteiger partial charge in [-0.15, -0.1) is 0 Å². The van der Waals surface area contributed by atoms with Crippen molar-refractivity contribution in [2.45, 2.75) is 18.9 Å². The predicted octanol–water partition coefficient (Wildman–Crippen LogP) is 2.18. The molecule has 2 rings (SSSR count). The molecule has 0 spiro atoms. The highest BCUT2D eigenvalue weighted by molar-refractivity contribution is 5.77. The molecular weight excluding hydrogens is 240 g/mol. The van der Waals surface area contributed by atoms with Crippen molar-refractivity contribution in [3.8, 4) is 0 Å². The zero-order valence-corrected chi connectivity index (χ0v) is 10.1. The summed E-state index contributed by atoms with van der Waals surface area (Å²) in [6.07, 6.45) is 2.28. The summed E-state index contributed by atoms with van der Waals surface area (Å²) in [6.45, 7) is 0.679. The van der Waals surface area contributed by atoms with Crippen LogP contribution in [0.25, 0.3) is 0 Å². The van der Waals surface area contributed by atoms with Crippen LogP contribution in [-0.4, -0.2) is 19.6 Å². The number of methoxy groups -OCH3 is 1. The summed E-state index contributed by atoms with van der Waals surface area (Å²) >= 11 is 0. The third-order valence-electron chi connectivity index (χ3n) is 3.02. The molecule has 3 nitrogen and oxygen atoms in total. The lowest BCUT2D eigenvalue weighted by Gasteiger charge is -2.16. The molecule has 1 aromatic carbocycles. The zero-order valence-electron chi connectivity index (χ0n) is 10.1. The minimum atomic E-state index is -0.963. The summed E-state index contributed by atoms with van der Waals surface area (Å²) in [5.74, 6) is -1.82. The van der Waals surface area contributed by atoms with E-state index in [1.54, 1.807) is 0 Å². The van der Waals surface area contributed by atoms with Crippen LogP contribution in [0, 0.1) is 17.6 Å². The Bertz CT molecular complexity index is 447. The monoisotopic (exact) mass is 255 g/mol. The van der Waals surface area contributed by atoms with Crippen LogP contribution in [0.15, 0.2) is 18.2 Å². The molecule has 0 bridgehead atoms. The van der Waals surface area contributed by atoms with E-state index in [0.29, 0.717) is 18.0 Å². The minimum Gasteiger partial charge on any atom is -0.468 e. The quantitative estimate of drug-likeness (QED) is 0.819. The average Bonchev–Trinajstić information content (AvgIpc) is 3.17. The van der Waals surface area contributed by atoms with E-state index in [1.807, 2.05) is 0 Å². The van der Waals surface area contributed by atoms with Crippen LogP contribution >= 0.6 is 0 Å². The minimum absolute atomic E-state index is 0.376. The van der Waals surface area contributed by atoms with Crippen molar-refractivity contribution in [3.63, 3.8) is 0 Å². The molecule has 0 amide bonds. The second-order valence-corrected chi connectivity index (χ2v) is 4.48. The summed E-state index contributed by atoms with van der Waals surface area (Å²) in [5, 5.41) is 3.03. The van der Waals surface area contributed by atoms with Crippen LogP contribution in [0.5, 0.6) is 0 Å². The zero-order chi connectivity index (χ0) is 13.1. The molecule has 0 aromatic heterocycles. The lowest BCUT2D eigenvalue weighted by Crippen LogP contribution is -2.31. The molecule has 0 radical (unpaired) electrons. The third-order valence-corrected chi connectivity index (χ3v) is 3.02. The Morgan fingerprint density at radius 3 is 2.72 bits per heavy atom. The first kappa shape index (κ1) is 13.0. The van der Waals surface area contributed by atoms with Gasteiger partial charge in [-0.05, 0) is 43.0 Å². The fourth-order valence-corrected chi connectivity index (χ4v) is 1.75. The smallest absolute Gasteiger partial charge is 0.327 e. The van der Waals surface area contributed by atoms with E-state index >= 15 is 0 Å². The van der Waals surface area contributed by atoms with Gasteiger partial charge in [0.2, 0.25) is 0 Å². The van der Waals surface area contributed by atoms with Gasteiger partial charge in [0, 0.05) is 0 Å². The molecule has 1 saturated carbocycles. The number of rotatable bonds is 5. The molecule has 98 valence electrons. The molecule has 0 aliphatic heterocycles. The van der Waals surface area contributed by atoms with E-state index in [0.717, 1.165) is 25.0 Å². The second-order valence-electron chi connectivity index (χ2n) is 4.48. The van der Waals surface area contributed by atoms with Crippen LogP contribution in [0.3, 0.4) is 0 Å². The van der Waals surface area contributed by atoms with Gasteiger partial charge in [-0.25, -0.2) is 13.6 Å². The molecule has 1 aromatic rings. The Balaban J connectivity index is 2.14. The van der Waals surface area contributed by atoms with Crippen LogP contribution in [0.2, 0.25) is 0 Å². The van der Waals surface area contributed by atoms with E-state index < -0.39 is 23.6 Å². The van der Waals surface area contributed by atoms with Crippen molar-refractivity contribution in [2.75, 3.05) is 13.7 Å². The first-order valence-corrected chi connectivity index (χ1v) is 5.88. The Labute approximate surface area is 104 Å². The van der Waals surface area contributed by atoms with Gasteiger partial charge in [-0.1, -0.05) is 6.07 Å². The molecule has 1 aliphatic rings. The van der Waals surface area contributed by atoms with Gasteiger partial charge in [-0.3, -0.25) is 0 Å². The number of carbonyl (C=O) groups excluding carboxylic acids is 1. The Morgan fingerprint density at radius 2 is 2.17 bits per heavy atom. The first-order chi connectivity index (χ1) is 8.61. The van der Waals surface area contributed by atoms with Crippen molar-refractivity contribution in [2.24, 2.45) is 5.92 Å². The highest BCUT2D eigenvalue weighted by Gasteiger charge is 2.27. The maximum Gasteiger partial charge on any atom is 0.327 e. The summed E-state index contributed by atoms with van der Waals surface area (Å²) in [4.78, 5) is 11.6. The largest absolute Gasteiger partial charge is 0.468 e. The molecule has 18 heavy (non-hydrogen) atoms. The molecule has 1 unspecified atom stereocenters. The standard InChI is InChI=1S/C13H15F2NO2/c1-18-13(17)12(16-7-8-2-3-8)9-4-5-10(14)11(15)6-9/h4-6,8,12,16H,2-3,7H2,1H3. The van der Waals surface area contributed by atoms with Gasteiger partial charge in [0.1, 0.15) is 6.04 Å². The first-order valence-electron chi connectivity index (χ1n) is 5.88. The van der Waals surface area contributed by atoms with Crippen molar-refractivity contribution < 1.29 is 18.3 Å². The number of benzene rings is 1. The van der Waals surface area contributed by atoms with Crippen molar-refractivity contribution in [3.05, 3.63) is 35.4 Å². The van der Waals surface area contributed by atoms with Crippen molar-refractivity contribution in [1.82, 2.24) is 5.32 Å². The molecule has 5 heteroatoms. The summed E-state index contributed by atoms with van der Waals surface area (Å²) in [6, 6.07) is 2.68. The van der Waals surface area contributed by atoms with Gasteiger partial charge >= 0.3 is 5.97 Å². The highest BCUT2D eigenvalue weighted by Crippen LogP contribution is 2.29. The second kappa shape index (κ2) is 5.44.